The number of methoxy groups -OCH3 is 1. The molecule has 0 unspecified atom stereocenters. The van der Waals surface area contributed by atoms with E-state index >= 15 is 0 Å². The summed E-state index contributed by atoms with van der Waals surface area (Å²) in [7, 11) is 1.65. The Balaban J connectivity index is 2.09. The van der Waals surface area contributed by atoms with Crippen LogP contribution in [-0.4, -0.2) is 12.2 Å². The van der Waals surface area contributed by atoms with Gasteiger partial charge in [-0.05, 0) is 24.3 Å². The molecule has 0 atom stereocenters. The lowest BCUT2D eigenvalue weighted by Crippen LogP contribution is -2.01. The molecule has 2 aromatic rings. The molecule has 0 heterocycles. The third-order valence-electron chi connectivity index (χ3n) is 2.62. The molecule has 18 heavy (non-hydrogen) atoms. The van der Waals surface area contributed by atoms with Gasteiger partial charge < -0.3 is 15.2 Å². The number of halogens is 1. The van der Waals surface area contributed by atoms with Crippen molar-refractivity contribution in [3.63, 3.8) is 0 Å². The molecule has 0 amide bonds. The van der Waals surface area contributed by atoms with Gasteiger partial charge in [0.05, 0.1) is 12.1 Å². The first-order valence-corrected chi connectivity index (χ1v) is 5.93. The highest BCUT2D eigenvalue weighted by Crippen LogP contribution is 2.27. The maximum atomic E-state index is 9.33. The summed E-state index contributed by atoms with van der Waals surface area (Å²) in [5.41, 5.74) is 1.91. The van der Waals surface area contributed by atoms with Crippen molar-refractivity contribution in [2.24, 2.45) is 0 Å². The lowest BCUT2D eigenvalue weighted by Gasteiger charge is -2.10. The van der Waals surface area contributed by atoms with Gasteiger partial charge in [-0.25, -0.2) is 0 Å². The van der Waals surface area contributed by atoms with E-state index in [1.807, 2.05) is 24.3 Å². The van der Waals surface area contributed by atoms with Crippen LogP contribution >= 0.6 is 11.6 Å². The van der Waals surface area contributed by atoms with Gasteiger partial charge in [-0.3, -0.25) is 0 Å². The van der Waals surface area contributed by atoms with Gasteiger partial charge in [-0.1, -0.05) is 29.8 Å². The molecule has 2 N–H and O–H groups in total. The number of nitrogens with one attached hydrogen (secondary N) is 1. The zero-order valence-electron chi connectivity index (χ0n) is 9.98. The van der Waals surface area contributed by atoms with E-state index in [0.717, 1.165) is 17.0 Å². The summed E-state index contributed by atoms with van der Waals surface area (Å²) in [6, 6.07) is 12.8. The molecule has 0 aliphatic carbocycles. The van der Waals surface area contributed by atoms with Crippen LogP contribution in [0.25, 0.3) is 0 Å². The minimum Gasteiger partial charge on any atom is -0.506 e. The van der Waals surface area contributed by atoms with Crippen LogP contribution in [0.4, 0.5) is 5.69 Å². The smallest absolute Gasteiger partial charge is 0.134 e. The molecule has 0 aliphatic heterocycles. The Morgan fingerprint density at radius 3 is 2.72 bits per heavy atom. The normalized spacial score (nSPS) is 10.1. The average molecular weight is 264 g/mol. The molecule has 0 saturated carbocycles. The predicted molar refractivity (Wildman–Crippen MR) is 73.4 cm³/mol. The van der Waals surface area contributed by atoms with Crippen molar-refractivity contribution in [1.82, 2.24) is 0 Å². The molecular formula is C14H14ClNO2. The second-order valence-corrected chi connectivity index (χ2v) is 4.24. The van der Waals surface area contributed by atoms with E-state index in [1.54, 1.807) is 25.3 Å². The summed E-state index contributed by atoms with van der Waals surface area (Å²) in [4.78, 5) is 0. The van der Waals surface area contributed by atoms with Gasteiger partial charge in [0, 0.05) is 17.8 Å². The lowest BCUT2D eigenvalue weighted by molar-refractivity contribution is 0.410. The van der Waals surface area contributed by atoms with Crippen LogP contribution in [0.3, 0.4) is 0 Å². The van der Waals surface area contributed by atoms with Crippen LogP contribution in [0.1, 0.15) is 5.56 Å². The second kappa shape index (κ2) is 5.65. The number of benzene rings is 2. The number of phenols is 1. The van der Waals surface area contributed by atoms with Crippen LogP contribution in [0.5, 0.6) is 11.5 Å². The van der Waals surface area contributed by atoms with Crippen molar-refractivity contribution >= 4 is 17.3 Å². The van der Waals surface area contributed by atoms with Crippen molar-refractivity contribution in [3.8, 4) is 11.5 Å². The van der Waals surface area contributed by atoms with E-state index in [9.17, 15) is 5.11 Å². The highest BCUT2D eigenvalue weighted by atomic mass is 35.5. The molecule has 94 valence electrons. The zero-order chi connectivity index (χ0) is 13.0. The van der Waals surface area contributed by atoms with Crippen LogP contribution in [0.15, 0.2) is 42.5 Å². The summed E-state index contributed by atoms with van der Waals surface area (Å²) in [5.74, 6) is 0.925. The summed E-state index contributed by atoms with van der Waals surface area (Å²) in [5, 5.41) is 12.9. The molecule has 0 radical (unpaired) electrons. The van der Waals surface area contributed by atoms with Gasteiger partial charge in [0.15, 0.2) is 0 Å². The monoisotopic (exact) mass is 263 g/mol. The molecule has 0 fully saturated rings. The fourth-order valence-electron chi connectivity index (χ4n) is 1.66. The Kier molecular flexibility index (Phi) is 3.95. The van der Waals surface area contributed by atoms with Gasteiger partial charge in [0.2, 0.25) is 0 Å². The summed E-state index contributed by atoms with van der Waals surface area (Å²) in [6.45, 7) is 0.630. The molecule has 0 aromatic heterocycles. The number of para-hydroxylation sites is 1. The fourth-order valence-corrected chi connectivity index (χ4v) is 1.84. The van der Waals surface area contributed by atoms with Crippen molar-refractivity contribution in [2.75, 3.05) is 12.4 Å². The molecule has 0 saturated heterocycles. The van der Waals surface area contributed by atoms with Gasteiger partial charge in [-0.2, -0.15) is 0 Å². The largest absolute Gasteiger partial charge is 0.506 e. The zero-order valence-corrected chi connectivity index (χ0v) is 10.7. The molecule has 0 spiro atoms. The van der Waals surface area contributed by atoms with Gasteiger partial charge >= 0.3 is 0 Å². The standard InChI is InChI=1S/C14H14ClNO2/c1-18-14-5-3-2-4-10(14)9-16-11-6-7-13(17)12(15)8-11/h2-8,16-17H,9H2,1H3. The Hall–Kier alpha value is -1.87. The van der Waals surface area contributed by atoms with E-state index in [-0.39, 0.29) is 5.75 Å². The van der Waals surface area contributed by atoms with Gasteiger partial charge in [0.1, 0.15) is 11.5 Å². The number of aromatic hydroxyl groups is 1. The molecule has 3 nitrogen and oxygen atoms in total. The maximum Gasteiger partial charge on any atom is 0.134 e. The quantitative estimate of drug-likeness (QED) is 0.827. The van der Waals surface area contributed by atoms with Crippen molar-refractivity contribution < 1.29 is 9.84 Å². The SMILES string of the molecule is COc1ccccc1CNc1ccc(O)c(Cl)c1. The highest BCUT2D eigenvalue weighted by Gasteiger charge is 2.03. The van der Waals surface area contributed by atoms with Crippen LogP contribution < -0.4 is 10.1 Å². The van der Waals surface area contributed by atoms with Crippen molar-refractivity contribution in [1.29, 1.82) is 0 Å². The Morgan fingerprint density at radius 1 is 1.22 bits per heavy atom. The first-order valence-electron chi connectivity index (χ1n) is 5.55. The molecular weight excluding hydrogens is 250 g/mol. The highest BCUT2D eigenvalue weighted by molar-refractivity contribution is 6.32. The van der Waals surface area contributed by atoms with E-state index in [4.69, 9.17) is 16.3 Å². The number of anilines is 1. The van der Waals surface area contributed by atoms with E-state index in [1.165, 1.54) is 0 Å². The fraction of sp³-hybridized carbons (Fsp3) is 0.143. The topological polar surface area (TPSA) is 41.5 Å². The maximum absolute atomic E-state index is 9.33. The third-order valence-corrected chi connectivity index (χ3v) is 2.93. The molecule has 2 aromatic carbocycles. The van der Waals surface area contributed by atoms with Gasteiger partial charge in [-0.15, -0.1) is 0 Å². The van der Waals surface area contributed by atoms with Crippen molar-refractivity contribution in [2.45, 2.75) is 6.54 Å². The van der Waals surface area contributed by atoms with Crippen LogP contribution in [0.2, 0.25) is 5.02 Å². The minimum atomic E-state index is 0.0829. The number of hydrogen-bond donors (Lipinski definition) is 2. The van der Waals surface area contributed by atoms with E-state index in [0.29, 0.717) is 11.6 Å². The van der Waals surface area contributed by atoms with E-state index in [2.05, 4.69) is 5.32 Å². The number of rotatable bonds is 4. The molecule has 4 heteroatoms. The molecule has 0 aliphatic rings. The summed E-state index contributed by atoms with van der Waals surface area (Å²) < 4.78 is 5.27. The first kappa shape index (κ1) is 12.6. The molecule has 0 bridgehead atoms. The van der Waals surface area contributed by atoms with Gasteiger partial charge in [0.25, 0.3) is 0 Å². The predicted octanol–water partition coefficient (Wildman–Crippen LogP) is 3.67. The van der Waals surface area contributed by atoms with E-state index < -0.39 is 0 Å². The van der Waals surface area contributed by atoms with Crippen molar-refractivity contribution in [3.05, 3.63) is 53.1 Å². The van der Waals surface area contributed by atoms with Crippen LogP contribution in [0, 0.1) is 0 Å². The lowest BCUT2D eigenvalue weighted by atomic mass is 10.2. The number of hydrogen-bond acceptors (Lipinski definition) is 3. The Morgan fingerprint density at radius 2 is 2.00 bits per heavy atom. The second-order valence-electron chi connectivity index (χ2n) is 3.83. The first-order chi connectivity index (χ1) is 8.70. The minimum absolute atomic E-state index is 0.0829. The number of ether oxygens (including phenoxy) is 1. The molecule has 2 rings (SSSR count). The average Bonchev–Trinajstić information content (AvgIpc) is 2.40. The Labute approximate surface area is 111 Å². The summed E-state index contributed by atoms with van der Waals surface area (Å²) >= 11 is 5.84. The van der Waals surface area contributed by atoms with Crippen LogP contribution in [-0.2, 0) is 6.54 Å². The number of phenolic OH excluding ortho intramolecular Hbond substituents is 1. The third kappa shape index (κ3) is 2.87. The summed E-state index contributed by atoms with van der Waals surface area (Å²) in [6.07, 6.45) is 0. The Bertz CT molecular complexity index is 543.